The molecule has 2 aromatic carbocycles. The summed E-state index contributed by atoms with van der Waals surface area (Å²) in [4.78, 5) is 12.4. The summed E-state index contributed by atoms with van der Waals surface area (Å²) in [6, 6.07) is 13.8. The van der Waals surface area contributed by atoms with Crippen LogP contribution in [0.3, 0.4) is 0 Å². The summed E-state index contributed by atoms with van der Waals surface area (Å²) in [5, 5.41) is 9.95. The molecule has 0 atom stereocenters. The predicted molar refractivity (Wildman–Crippen MR) is 102 cm³/mol. The van der Waals surface area contributed by atoms with E-state index in [9.17, 15) is 4.79 Å². The molecule has 0 spiro atoms. The Labute approximate surface area is 151 Å². The second kappa shape index (κ2) is 7.03. The van der Waals surface area contributed by atoms with Gasteiger partial charge in [0.05, 0.1) is 0 Å². The normalized spacial score (nSPS) is 10.7. The third-order valence-electron chi connectivity index (χ3n) is 4.16. The maximum Gasteiger partial charge on any atom is 0.244 e. The minimum Gasteiger partial charge on any atom is -0.325 e. The number of hydrogen-bond acceptors (Lipinski definition) is 3. The fourth-order valence-corrected chi connectivity index (χ4v) is 2.75. The van der Waals surface area contributed by atoms with Gasteiger partial charge in [-0.05, 0) is 56.2 Å². The summed E-state index contributed by atoms with van der Waals surface area (Å²) in [7, 11) is 0. The van der Waals surface area contributed by atoms with Gasteiger partial charge in [0.25, 0.3) is 0 Å². The molecule has 3 rings (SSSR count). The minimum absolute atomic E-state index is 0.103. The van der Waals surface area contributed by atoms with Gasteiger partial charge in [-0.2, -0.15) is 5.10 Å². The van der Waals surface area contributed by atoms with E-state index in [4.69, 9.17) is 12.2 Å². The van der Waals surface area contributed by atoms with Gasteiger partial charge in [-0.25, -0.2) is 0 Å². The number of aryl methyl sites for hydroxylation is 3. The monoisotopic (exact) mass is 352 g/mol. The molecule has 1 heterocycles. The van der Waals surface area contributed by atoms with E-state index in [0.29, 0.717) is 10.6 Å². The number of anilines is 1. The van der Waals surface area contributed by atoms with E-state index in [1.165, 1.54) is 5.56 Å². The second-order valence-corrected chi connectivity index (χ2v) is 6.54. The van der Waals surface area contributed by atoms with E-state index in [0.717, 1.165) is 22.4 Å². The molecule has 1 amide bonds. The molecule has 0 saturated carbocycles. The average molecular weight is 352 g/mol. The highest BCUT2D eigenvalue weighted by Gasteiger charge is 2.12. The lowest BCUT2D eigenvalue weighted by molar-refractivity contribution is -0.116. The number of amides is 1. The van der Waals surface area contributed by atoms with Crippen LogP contribution < -0.4 is 5.32 Å². The number of carbonyl (C=O) groups is 1. The van der Waals surface area contributed by atoms with Crippen LogP contribution in [0.2, 0.25) is 0 Å². The van der Waals surface area contributed by atoms with E-state index in [2.05, 4.69) is 15.5 Å². The van der Waals surface area contributed by atoms with Crippen LogP contribution in [0.25, 0.3) is 11.4 Å². The summed E-state index contributed by atoms with van der Waals surface area (Å²) >= 11 is 5.28. The quantitative estimate of drug-likeness (QED) is 0.693. The summed E-state index contributed by atoms with van der Waals surface area (Å²) in [6.07, 6.45) is 0. The second-order valence-electron chi connectivity index (χ2n) is 6.15. The fourth-order valence-electron chi connectivity index (χ4n) is 2.55. The van der Waals surface area contributed by atoms with Crippen molar-refractivity contribution in [1.29, 1.82) is 0 Å². The van der Waals surface area contributed by atoms with E-state index in [1.807, 2.05) is 63.2 Å². The van der Waals surface area contributed by atoms with Crippen LogP contribution in [0.15, 0.2) is 42.5 Å². The predicted octanol–water partition coefficient (Wildman–Crippen LogP) is 4.17. The Morgan fingerprint density at radius 3 is 2.52 bits per heavy atom. The topological polar surface area (TPSA) is 62.7 Å². The Morgan fingerprint density at radius 2 is 1.84 bits per heavy atom. The molecule has 128 valence electrons. The van der Waals surface area contributed by atoms with Crippen LogP contribution in [-0.4, -0.2) is 20.7 Å². The molecular weight excluding hydrogens is 332 g/mol. The summed E-state index contributed by atoms with van der Waals surface area (Å²) in [5.41, 5.74) is 5.18. The molecule has 0 aliphatic rings. The Kier molecular flexibility index (Phi) is 4.81. The lowest BCUT2D eigenvalue weighted by Gasteiger charge is -2.10. The Hall–Kier alpha value is -2.73. The number of benzene rings is 2. The van der Waals surface area contributed by atoms with E-state index in [-0.39, 0.29) is 12.5 Å². The largest absolute Gasteiger partial charge is 0.325 e. The van der Waals surface area contributed by atoms with Crippen LogP contribution in [0, 0.1) is 25.5 Å². The zero-order chi connectivity index (χ0) is 18.0. The highest BCUT2D eigenvalue weighted by Crippen LogP contribution is 2.18. The zero-order valence-electron chi connectivity index (χ0n) is 14.5. The number of nitrogens with zero attached hydrogens (tertiary/aromatic N) is 2. The zero-order valence-corrected chi connectivity index (χ0v) is 15.3. The van der Waals surface area contributed by atoms with Gasteiger partial charge in [-0.3, -0.25) is 14.5 Å². The van der Waals surface area contributed by atoms with Gasteiger partial charge in [0.1, 0.15) is 6.54 Å². The average Bonchev–Trinajstić information content (AvgIpc) is 2.93. The number of rotatable bonds is 4. The molecule has 5 nitrogen and oxygen atoms in total. The third-order valence-corrected chi connectivity index (χ3v) is 4.47. The molecule has 0 saturated heterocycles. The Morgan fingerprint density at radius 1 is 1.12 bits per heavy atom. The smallest absolute Gasteiger partial charge is 0.244 e. The van der Waals surface area contributed by atoms with Crippen molar-refractivity contribution in [3.63, 3.8) is 0 Å². The Bertz CT molecular complexity index is 970. The van der Waals surface area contributed by atoms with Crippen molar-refractivity contribution in [3.8, 4) is 11.4 Å². The first-order chi connectivity index (χ1) is 11.9. The molecule has 0 fully saturated rings. The van der Waals surface area contributed by atoms with Crippen LogP contribution in [-0.2, 0) is 11.3 Å². The van der Waals surface area contributed by atoms with Gasteiger partial charge < -0.3 is 5.32 Å². The van der Waals surface area contributed by atoms with Crippen molar-refractivity contribution in [1.82, 2.24) is 14.8 Å². The molecule has 0 radical (unpaired) electrons. The molecule has 0 bridgehead atoms. The molecule has 1 aromatic heterocycles. The molecule has 2 N–H and O–H groups in total. The summed E-state index contributed by atoms with van der Waals surface area (Å²) in [5.74, 6) is 0.509. The number of carbonyl (C=O) groups excluding carboxylic acids is 1. The number of H-pyrrole nitrogens is 1. The van der Waals surface area contributed by atoms with Gasteiger partial charge in [0.2, 0.25) is 5.91 Å². The van der Waals surface area contributed by atoms with Gasteiger partial charge in [-0.15, -0.1) is 0 Å². The van der Waals surface area contributed by atoms with Crippen molar-refractivity contribution in [3.05, 3.63) is 63.9 Å². The standard InChI is InChI=1S/C19H20N4OS/c1-12-4-7-15(8-5-12)18-21-22-19(25)23(18)11-17(24)20-16-9-6-13(2)14(3)10-16/h4-10H,11H2,1-3H3,(H,20,24)(H,22,25). The highest BCUT2D eigenvalue weighted by molar-refractivity contribution is 7.71. The first kappa shape index (κ1) is 17.1. The van der Waals surface area contributed by atoms with Crippen LogP contribution in [0.5, 0.6) is 0 Å². The van der Waals surface area contributed by atoms with E-state index in [1.54, 1.807) is 4.57 Å². The molecule has 0 aliphatic heterocycles. The van der Waals surface area contributed by atoms with Crippen molar-refractivity contribution in [2.45, 2.75) is 27.3 Å². The van der Waals surface area contributed by atoms with Crippen molar-refractivity contribution >= 4 is 23.8 Å². The van der Waals surface area contributed by atoms with Crippen molar-refractivity contribution < 1.29 is 4.79 Å². The molecule has 6 heteroatoms. The molecule has 25 heavy (non-hydrogen) atoms. The highest BCUT2D eigenvalue weighted by atomic mass is 32.1. The number of aromatic amines is 1. The van der Waals surface area contributed by atoms with Crippen LogP contribution in [0.4, 0.5) is 5.69 Å². The van der Waals surface area contributed by atoms with Crippen molar-refractivity contribution in [2.24, 2.45) is 0 Å². The maximum atomic E-state index is 12.4. The lowest BCUT2D eigenvalue weighted by Crippen LogP contribution is -2.19. The van der Waals surface area contributed by atoms with E-state index >= 15 is 0 Å². The first-order valence-corrected chi connectivity index (χ1v) is 8.44. The number of hydrogen-bond donors (Lipinski definition) is 2. The number of aromatic nitrogens is 3. The molecule has 0 aliphatic carbocycles. The Balaban J connectivity index is 1.81. The van der Waals surface area contributed by atoms with Gasteiger partial charge in [0.15, 0.2) is 10.6 Å². The molecule has 3 aromatic rings. The van der Waals surface area contributed by atoms with Crippen LogP contribution >= 0.6 is 12.2 Å². The lowest BCUT2D eigenvalue weighted by atomic mass is 10.1. The summed E-state index contributed by atoms with van der Waals surface area (Å²) < 4.78 is 2.13. The third kappa shape index (κ3) is 3.85. The molecule has 0 unspecified atom stereocenters. The SMILES string of the molecule is Cc1ccc(-c2n[nH]c(=S)n2CC(=O)Nc2ccc(C)c(C)c2)cc1. The summed E-state index contributed by atoms with van der Waals surface area (Å²) in [6.45, 7) is 6.19. The fraction of sp³-hybridized carbons (Fsp3) is 0.211. The maximum absolute atomic E-state index is 12.4. The van der Waals surface area contributed by atoms with Crippen LogP contribution in [0.1, 0.15) is 16.7 Å². The van der Waals surface area contributed by atoms with Gasteiger partial charge in [-0.1, -0.05) is 35.9 Å². The van der Waals surface area contributed by atoms with Crippen molar-refractivity contribution in [2.75, 3.05) is 5.32 Å². The number of nitrogens with one attached hydrogen (secondary N) is 2. The minimum atomic E-state index is -0.144. The van der Waals surface area contributed by atoms with Gasteiger partial charge >= 0.3 is 0 Å². The van der Waals surface area contributed by atoms with E-state index < -0.39 is 0 Å². The first-order valence-electron chi connectivity index (χ1n) is 8.03. The van der Waals surface area contributed by atoms with Gasteiger partial charge in [0, 0.05) is 11.3 Å². The molecular formula is C19H20N4OS.